The Hall–Kier alpha value is -2.33. The van der Waals surface area contributed by atoms with Crippen LogP contribution in [0.4, 0.5) is 0 Å². The summed E-state index contributed by atoms with van der Waals surface area (Å²) in [6.45, 7) is 3.38. The zero-order valence-corrected chi connectivity index (χ0v) is 15.5. The third-order valence-corrected chi connectivity index (χ3v) is 6.48. The third kappa shape index (κ3) is 2.52. The van der Waals surface area contributed by atoms with E-state index in [1.165, 1.54) is 11.1 Å². The molecular weight excluding hydrogens is 326 g/mol. The van der Waals surface area contributed by atoms with Crippen LogP contribution in [0, 0.1) is 0 Å². The maximum absolute atomic E-state index is 11.5. The van der Waals surface area contributed by atoms with E-state index in [2.05, 4.69) is 37.1 Å². The molecule has 4 rings (SSSR count). The Labute approximate surface area is 154 Å². The van der Waals surface area contributed by atoms with Crippen molar-refractivity contribution in [2.75, 3.05) is 20.7 Å². The average molecular weight is 351 g/mol. The number of benzene rings is 2. The van der Waals surface area contributed by atoms with Crippen LogP contribution in [0.1, 0.15) is 46.3 Å². The summed E-state index contributed by atoms with van der Waals surface area (Å²) in [4.78, 5) is 13.9. The highest BCUT2D eigenvalue weighted by Crippen LogP contribution is 2.53. The molecule has 1 aliphatic carbocycles. The normalized spacial score (nSPS) is 27.7. The summed E-state index contributed by atoms with van der Waals surface area (Å²) in [7, 11) is 3.89. The molecule has 0 saturated carbocycles. The number of methoxy groups -OCH3 is 1. The van der Waals surface area contributed by atoms with Gasteiger partial charge in [-0.25, -0.2) is 4.79 Å². The molecule has 1 fully saturated rings. The first-order valence-corrected chi connectivity index (χ1v) is 9.15. The fourth-order valence-corrected chi connectivity index (χ4v) is 5.06. The molecule has 1 saturated heterocycles. The molecule has 0 radical (unpaired) electrons. The van der Waals surface area contributed by atoms with Gasteiger partial charge in [0.1, 0.15) is 5.75 Å². The van der Waals surface area contributed by atoms with Crippen LogP contribution in [0.2, 0.25) is 0 Å². The van der Waals surface area contributed by atoms with E-state index in [-0.39, 0.29) is 11.3 Å². The number of hydrogen-bond donors (Lipinski definition) is 1. The van der Waals surface area contributed by atoms with E-state index in [4.69, 9.17) is 4.74 Å². The third-order valence-electron chi connectivity index (χ3n) is 6.48. The zero-order chi connectivity index (χ0) is 18.5. The molecule has 136 valence electrons. The lowest BCUT2D eigenvalue weighted by molar-refractivity contribution is 0.0694. The molecule has 1 heterocycles. The van der Waals surface area contributed by atoms with E-state index in [1.54, 1.807) is 13.2 Å². The molecule has 2 bridgehead atoms. The van der Waals surface area contributed by atoms with Crippen molar-refractivity contribution in [3.63, 3.8) is 0 Å². The quantitative estimate of drug-likeness (QED) is 0.916. The Kier molecular flexibility index (Phi) is 4.03. The van der Waals surface area contributed by atoms with Gasteiger partial charge in [-0.1, -0.05) is 25.1 Å². The second-order valence-electron chi connectivity index (χ2n) is 7.85. The summed E-state index contributed by atoms with van der Waals surface area (Å²) in [5.41, 5.74) is 4.19. The lowest BCUT2D eigenvalue weighted by Crippen LogP contribution is -2.56. The smallest absolute Gasteiger partial charge is 0.335 e. The molecule has 4 heteroatoms. The van der Waals surface area contributed by atoms with Crippen LogP contribution < -0.4 is 4.74 Å². The molecular formula is C22H25NO3. The van der Waals surface area contributed by atoms with Gasteiger partial charge in [0, 0.05) is 17.4 Å². The van der Waals surface area contributed by atoms with Crippen LogP contribution in [0.3, 0.4) is 0 Å². The number of ether oxygens (including phenoxy) is 1. The van der Waals surface area contributed by atoms with E-state index in [9.17, 15) is 9.90 Å². The zero-order valence-electron chi connectivity index (χ0n) is 15.5. The minimum Gasteiger partial charge on any atom is -0.497 e. The van der Waals surface area contributed by atoms with Crippen molar-refractivity contribution in [3.05, 3.63) is 64.7 Å². The maximum atomic E-state index is 11.5. The van der Waals surface area contributed by atoms with Crippen molar-refractivity contribution in [3.8, 4) is 5.75 Å². The summed E-state index contributed by atoms with van der Waals surface area (Å²) >= 11 is 0. The number of carboxylic acids is 1. The molecule has 1 N–H and O–H groups in total. The highest BCUT2D eigenvalue weighted by Gasteiger charge is 2.50. The first-order chi connectivity index (χ1) is 12.4. The molecule has 0 unspecified atom stereocenters. The summed E-state index contributed by atoms with van der Waals surface area (Å²) in [6, 6.07) is 14.3. The Bertz CT molecular complexity index is 862. The van der Waals surface area contributed by atoms with E-state index >= 15 is 0 Å². The number of nitrogens with zero attached hydrogens (tertiary/aromatic N) is 1. The predicted molar refractivity (Wildman–Crippen MR) is 101 cm³/mol. The fourth-order valence-electron chi connectivity index (χ4n) is 5.06. The van der Waals surface area contributed by atoms with Crippen molar-refractivity contribution in [2.45, 2.75) is 37.1 Å². The first kappa shape index (κ1) is 17.1. The lowest BCUT2D eigenvalue weighted by Gasteiger charge is -2.55. The maximum Gasteiger partial charge on any atom is 0.335 e. The predicted octanol–water partition coefficient (Wildman–Crippen LogP) is 3.70. The highest BCUT2D eigenvalue weighted by molar-refractivity contribution is 5.87. The van der Waals surface area contributed by atoms with E-state index in [0.717, 1.165) is 30.7 Å². The second-order valence-corrected chi connectivity index (χ2v) is 7.85. The topological polar surface area (TPSA) is 49.8 Å². The SMILES string of the molecule is COc1ccc2c(c1)[C@@]1(C)CCN(C)[C@H](C2)[C@@H]1c1cccc(C(=O)O)c1. The standard InChI is InChI=1S/C22H25NO3/c1-22-9-10-23(2)19(12-14-7-8-17(26-3)13-18(14)22)20(22)15-5-4-6-16(11-15)21(24)25/h4-8,11,13,19-20H,9-10,12H2,1-3H3,(H,24,25)/t19-,20+,22-/m1/s1. The lowest BCUT2D eigenvalue weighted by atomic mass is 9.56. The molecule has 26 heavy (non-hydrogen) atoms. The van der Waals surface area contributed by atoms with E-state index in [0.29, 0.717) is 11.6 Å². The van der Waals surface area contributed by atoms with Gasteiger partial charge in [0.05, 0.1) is 12.7 Å². The second kappa shape index (κ2) is 6.13. The van der Waals surface area contributed by atoms with Crippen LogP contribution >= 0.6 is 0 Å². The molecule has 2 aromatic rings. The summed E-state index contributed by atoms with van der Waals surface area (Å²) in [6.07, 6.45) is 2.02. The van der Waals surface area contributed by atoms with Gasteiger partial charge in [-0.05, 0) is 67.4 Å². The van der Waals surface area contributed by atoms with Gasteiger partial charge in [-0.3, -0.25) is 0 Å². The van der Waals surface area contributed by atoms with Crippen LogP contribution in [-0.4, -0.2) is 42.7 Å². The molecule has 1 aliphatic heterocycles. The molecule has 0 aromatic heterocycles. The van der Waals surface area contributed by atoms with Gasteiger partial charge in [0.25, 0.3) is 0 Å². The molecule has 2 aliphatic rings. The van der Waals surface area contributed by atoms with Gasteiger partial charge >= 0.3 is 5.97 Å². The number of carbonyl (C=O) groups is 1. The number of rotatable bonds is 3. The van der Waals surface area contributed by atoms with Gasteiger partial charge in [-0.2, -0.15) is 0 Å². The minimum atomic E-state index is -0.867. The largest absolute Gasteiger partial charge is 0.497 e. The summed E-state index contributed by atoms with van der Waals surface area (Å²) in [5.74, 6) is 0.286. The molecule has 0 spiro atoms. The summed E-state index contributed by atoms with van der Waals surface area (Å²) in [5, 5.41) is 9.43. The Morgan fingerprint density at radius 2 is 2.08 bits per heavy atom. The average Bonchev–Trinajstić information content (AvgIpc) is 2.65. The number of likely N-dealkylation sites (N-methyl/N-ethyl adjacent to an activating group) is 1. The van der Waals surface area contributed by atoms with Crippen molar-refractivity contribution in [1.82, 2.24) is 4.90 Å². The number of aromatic carboxylic acids is 1. The number of carboxylic acid groups (broad SMARTS) is 1. The van der Waals surface area contributed by atoms with Gasteiger partial charge < -0.3 is 14.7 Å². The minimum absolute atomic E-state index is 0.0313. The number of hydrogen-bond acceptors (Lipinski definition) is 3. The van der Waals surface area contributed by atoms with E-state index < -0.39 is 5.97 Å². The van der Waals surface area contributed by atoms with Crippen LogP contribution in [0.15, 0.2) is 42.5 Å². The van der Waals surface area contributed by atoms with Crippen molar-refractivity contribution >= 4 is 5.97 Å². The number of fused-ring (bicyclic) bond motifs is 4. The van der Waals surface area contributed by atoms with Crippen molar-refractivity contribution in [1.29, 1.82) is 0 Å². The highest BCUT2D eigenvalue weighted by atomic mass is 16.5. The fraction of sp³-hybridized carbons (Fsp3) is 0.409. The molecule has 3 atom stereocenters. The van der Waals surface area contributed by atoms with Gasteiger partial charge in [0.15, 0.2) is 0 Å². The van der Waals surface area contributed by atoms with Gasteiger partial charge in [0.2, 0.25) is 0 Å². The number of likely N-dealkylation sites (tertiary alicyclic amines) is 1. The Balaban J connectivity index is 1.88. The summed E-state index contributed by atoms with van der Waals surface area (Å²) < 4.78 is 5.49. The van der Waals surface area contributed by atoms with Crippen LogP contribution in [-0.2, 0) is 11.8 Å². The molecule has 0 amide bonds. The first-order valence-electron chi connectivity index (χ1n) is 9.15. The van der Waals surface area contributed by atoms with Crippen molar-refractivity contribution in [2.24, 2.45) is 0 Å². The monoisotopic (exact) mass is 351 g/mol. The molecule has 4 nitrogen and oxygen atoms in total. The van der Waals surface area contributed by atoms with Crippen molar-refractivity contribution < 1.29 is 14.6 Å². The number of piperidine rings is 1. The molecule has 2 aromatic carbocycles. The Morgan fingerprint density at radius 1 is 1.27 bits per heavy atom. The van der Waals surface area contributed by atoms with E-state index in [1.807, 2.05) is 18.2 Å². The van der Waals surface area contributed by atoms with Gasteiger partial charge in [-0.15, -0.1) is 0 Å². The Morgan fingerprint density at radius 3 is 2.81 bits per heavy atom. The van der Waals surface area contributed by atoms with Crippen LogP contribution in [0.25, 0.3) is 0 Å². The van der Waals surface area contributed by atoms with Crippen LogP contribution in [0.5, 0.6) is 5.75 Å².